The lowest BCUT2D eigenvalue weighted by Gasteiger charge is -1.99. The molecule has 2 nitrogen and oxygen atoms in total. The molecule has 0 amide bonds. The summed E-state index contributed by atoms with van der Waals surface area (Å²) in [6, 6.07) is 7.00. The van der Waals surface area contributed by atoms with Gasteiger partial charge >= 0.3 is 0 Å². The first-order chi connectivity index (χ1) is 8.54. The molecule has 0 N–H and O–H groups in total. The lowest BCUT2D eigenvalue weighted by molar-refractivity contribution is 1.08. The smallest absolute Gasteiger partial charge is 0.153 e. The van der Waals surface area contributed by atoms with Crippen LogP contribution in [0.3, 0.4) is 0 Å². The maximum atomic E-state index is 6.06. The van der Waals surface area contributed by atoms with Gasteiger partial charge in [-0.25, -0.2) is 9.97 Å². The van der Waals surface area contributed by atoms with Crippen LogP contribution in [0.15, 0.2) is 24.3 Å². The molecule has 2 rings (SSSR count). The standard InChI is InChI=1S/C13H9Cl3N2/c1-8-6-12(16)18-13(17-8)5-3-9-2-4-10(14)7-11(9)15/h2-7H,1H3. The van der Waals surface area contributed by atoms with Gasteiger partial charge in [0.25, 0.3) is 0 Å². The van der Waals surface area contributed by atoms with E-state index in [9.17, 15) is 0 Å². The van der Waals surface area contributed by atoms with Crippen molar-refractivity contribution in [3.63, 3.8) is 0 Å². The average molecular weight is 300 g/mol. The molecule has 1 heterocycles. The van der Waals surface area contributed by atoms with E-state index in [1.807, 2.05) is 19.1 Å². The highest BCUT2D eigenvalue weighted by Crippen LogP contribution is 2.22. The Morgan fingerprint density at radius 3 is 2.44 bits per heavy atom. The maximum absolute atomic E-state index is 6.06. The number of aromatic nitrogens is 2. The van der Waals surface area contributed by atoms with Crippen molar-refractivity contribution < 1.29 is 0 Å². The minimum absolute atomic E-state index is 0.421. The normalized spacial score (nSPS) is 11.1. The lowest BCUT2D eigenvalue weighted by Crippen LogP contribution is -1.90. The molecule has 0 saturated carbocycles. The molecule has 0 spiro atoms. The van der Waals surface area contributed by atoms with Gasteiger partial charge in [-0.05, 0) is 42.8 Å². The van der Waals surface area contributed by atoms with Crippen molar-refractivity contribution >= 4 is 47.0 Å². The molecular formula is C13H9Cl3N2. The largest absolute Gasteiger partial charge is 0.234 e. The Morgan fingerprint density at radius 1 is 1.00 bits per heavy atom. The fourth-order valence-corrected chi connectivity index (χ4v) is 2.14. The van der Waals surface area contributed by atoms with Crippen LogP contribution in [0.4, 0.5) is 0 Å². The van der Waals surface area contributed by atoms with E-state index in [4.69, 9.17) is 34.8 Å². The van der Waals surface area contributed by atoms with Crippen LogP contribution in [0, 0.1) is 6.92 Å². The molecule has 2 aromatic rings. The highest BCUT2D eigenvalue weighted by atomic mass is 35.5. The lowest BCUT2D eigenvalue weighted by atomic mass is 10.2. The third kappa shape index (κ3) is 3.45. The van der Waals surface area contributed by atoms with Crippen LogP contribution in [0.25, 0.3) is 12.2 Å². The van der Waals surface area contributed by atoms with Gasteiger partial charge in [0.1, 0.15) is 5.15 Å². The second-order valence-electron chi connectivity index (χ2n) is 3.69. The molecule has 0 radical (unpaired) electrons. The van der Waals surface area contributed by atoms with E-state index in [1.54, 1.807) is 24.3 Å². The molecule has 1 aromatic heterocycles. The molecular weight excluding hydrogens is 291 g/mol. The summed E-state index contributed by atoms with van der Waals surface area (Å²) >= 11 is 17.7. The predicted octanol–water partition coefficient (Wildman–Crippen LogP) is 4.92. The Morgan fingerprint density at radius 2 is 1.78 bits per heavy atom. The summed E-state index contributed by atoms with van der Waals surface area (Å²) in [5.41, 5.74) is 1.67. The summed E-state index contributed by atoms with van der Waals surface area (Å²) in [5, 5.41) is 1.61. The summed E-state index contributed by atoms with van der Waals surface area (Å²) in [6.45, 7) is 1.86. The number of halogens is 3. The van der Waals surface area contributed by atoms with Gasteiger partial charge in [0.2, 0.25) is 0 Å². The van der Waals surface area contributed by atoms with Gasteiger partial charge in [-0.1, -0.05) is 40.9 Å². The minimum Gasteiger partial charge on any atom is -0.234 e. The Bertz CT molecular complexity index is 589. The topological polar surface area (TPSA) is 25.8 Å². The highest BCUT2D eigenvalue weighted by Gasteiger charge is 1.99. The van der Waals surface area contributed by atoms with Gasteiger partial charge in [-0.15, -0.1) is 0 Å². The molecule has 18 heavy (non-hydrogen) atoms. The van der Waals surface area contributed by atoms with E-state index in [1.165, 1.54) is 0 Å². The molecule has 0 atom stereocenters. The Labute approximate surface area is 120 Å². The van der Waals surface area contributed by atoms with Crippen molar-refractivity contribution in [2.24, 2.45) is 0 Å². The fourth-order valence-electron chi connectivity index (χ4n) is 1.43. The number of hydrogen-bond donors (Lipinski definition) is 0. The summed E-state index contributed by atoms with van der Waals surface area (Å²) in [6.07, 6.45) is 3.58. The molecule has 0 fully saturated rings. The van der Waals surface area contributed by atoms with E-state index >= 15 is 0 Å². The third-order valence-electron chi connectivity index (χ3n) is 2.21. The summed E-state index contributed by atoms with van der Waals surface area (Å²) in [5.74, 6) is 0.547. The van der Waals surface area contributed by atoms with Gasteiger partial charge in [0.15, 0.2) is 5.82 Å². The first-order valence-corrected chi connectivity index (χ1v) is 6.32. The third-order valence-corrected chi connectivity index (χ3v) is 2.97. The van der Waals surface area contributed by atoms with E-state index in [-0.39, 0.29) is 0 Å². The van der Waals surface area contributed by atoms with Crippen molar-refractivity contribution in [1.29, 1.82) is 0 Å². The van der Waals surface area contributed by atoms with Crippen LogP contribution in [0.2, 0.25) is 15.2 Å². The van der Waals surface area contributed by atoms with Gasteiger partial charge in [-0.2, -0.15) is 0 Å². The van der Waals surface area contributed by atoms with E-state index in [0.717, 1.165) is 11.3 Å². The summed E-state index contributed by atoms with van der Waals surface area (Å²) in [7, 11) is 0. The molecule has 0 unspecified atom stereocenters. The van der Waals surface area contributed by atoms with Gasteiger partial charge in [0, 0.05) is 15.7 Å². The first-order valence-electron chi connectivity index (χ1n) is 5.19. The van der Waals surface area contributed by atoms with Gasteiger partial charge in [0.05, 0.1) is 0 Å². The number of aryl methyl sites for hydroxylation is 1. The summed E-state index contributed by atoms with van der Waals surface area (Å²) < 4.78 is 0. The van der Waals surface area contributed by atoms with Crippen molar-refractivity contribution in [2.45, 2.75) is 6.92 Å². The van der Waals surface area contributed by atoms with Crippen molar-refractivity contribution in [3.05, 3.63) is 56.5 Å². The Kier molecular flexibility index (Phi) is 4.23. The zero-order valence-corrected chi connectivity index (χ0v) is 11.8. The number of hydrogen-bond acceptors (Lipinski definition) is 2. The molecule has 5 heteroatoms. The van der Waals surface area contributed by atoms with Crippen LogP contribution < -0.4 is 0 Å². The molecule has 0 aliphatic heterocycles. The molecule has 1 aromatic carbocycles. The second-order valence-corrected chi connectivity index (χ2v) is 4.92. The molecule has 0 aliphatic rings. The summed E-state index contributed by atoms with van der Waals surface area (Å²) in [4.78, 5) is 8.34. The van der Waals surface area contributed by atoms with Crippen molar-refractivity contribution in [2.75, 3.05) is 0 Å². The van der Waals surface area contributed by atoms with Gasteiger partial charge in [-0.3, -0.25) is 0 Å². The zero-order chi connectivity index (χ0) is 13.1. The predicted molar refractivity (Wildman–Crippen MR) is 77.2 cm³/mol. The first kappa shape index (κ1) is 13.3. The highest BCUT2D eigenvalue weighted by molar-refractivity contribution is 6.35. The van der Waals surface area contributed by atoms with Gasteiger partial charge < -0.3 is 0 Å². The molecule has 92 valence electrons. The molecule has 0 bridgehead atoms. The van der Waals surface area contributed by atoms with E-state index < -0.39 is 0 Å². The molecule has 0 aliphatic carbocycles. The second kappa shape index (κ2) is 5.70. The monoisotopic (exact) mass is 298 g/mol. The van der Waals surface area contributed by atoms with Crippen LogP contribution in [-0.2, 0) is 0 Å². The number of benzene rings is 1. The van der Waals surface area contributed by atoms with Crippen molar-refractivity contribution in [1.82, 2.24) is 9.97 Å². The maximum Gasteiger partial charge on any atom is 0.153 e. The quantitative estimate of drug-likeness (QED) is 0.736. The van der Waals surface area contributed by atoms with E-state index in [0.29, 0.717) is 21.0 Å². The van der Waals surface area contributed by atoms with Crippen LogP contribution >= 0.6 is 34.8 Å². The zero-order valence-electron chi connectivity index (χ0n) is 9.49. The Hall–Kier alpha value is -1.09. The molecule has 0 saturated heterocycles. The Balaban J connectivity index is 2.29. The van der Waals surface area contributed by atoms with Crippen LogP contribution in [-0.4, -0.2) is 9.97 Å². The SMILES string of the molecule is Cc1cc(Cl)nc(C=Cc2ccc(Cl)cc2Cl)n1. The van der Waals surface area contributed by atoms with Crippen molar-refractivity contribution in [3.8, 4) is 0 Å². The average Bonchev–Trinajstić information content (AvgIpc) is 2.26. The number of rotatable bonds is 2. The van der Waals surface area contributed by atoms with Crippen LogP contribution in [0.1, 0.15) is 17.1 Å². The fraction of sp³-hybridized carbons (Fsp3) is 0.0769. The number of nitrogens with zero attached hydrogens (tertiary/aromatic N) is 2. The van der Waals surface area contributed by atoms with Crippen LogP contribution in [0.5, 0.6) is 0 Å². The minimum atomic E-state index is 0.421. The van der Waals surface area contributed by atoms with E-state index in [2.05, 4.69) is 9.97 Å².